The van der Waals surface area contributed by atoms with E-state index in [9.17, 15) is 4.79 Å². The minimum atomic E-state index is -0.306. The van der Waals surface area contributed by atoms with Crippen molar-refractivity contribution in [3.05, 3.63) is 36.5 Å². The standard InChI is InChI=1S/C17H21N5O3/c1-24-17-6-5-12(25-14-4-2-3-8-18-14)10-13(17)22(9-7-17)16(23)15-19-11-20-21-15/h2-4,8,11-13H,5-7,9-10H2,1H3,(H,19,20,21)/t12-,13-,17+/m0/s1. The molecule has 0 bridgehead atoms. The maximum Gasteiger partial charge on any atom is 0.291 e. The molecule has 1 amide bonds. The SMILES string of the molecule is CO[C@@]12CC[C@H](Oc3ccccn3)C[C@@H]1N(C(=O)c1ncn[nH]1)CC2. The van der Waals surface area contributed by atoms with E-state index in [2.05, 4.69) is 20.2 Å². The molecule has 1 aliphatic heterocycles. The maximum absolute atomic E-state index is 12.8. The fraction of sp³-hybridized carbons (Fsp3) is 0.529. The summed E-state index contributed by atoms with van der Waals surface area (Å²) < 4.78 is 11.9. The number of aromatic nitrogens is 4. The molecular formula is C17H21N5O3. The number of carbonyl (C=O) groups excluding carboxylic acids is 1. The first-order valence-corrected chi connectivity index (χ1v) is 8.51. The van der Waals surface area contributed by atoms with Crippen LogP contribution < -0.4 is 4.74 Å². The second-order valence-corrected chi connectivity index (χ2v) is 6.55. The van der Waals surface area contributed by atoms with Gasteiger partial charge in [0.05, 0.1) is 11.6 Å². The molecule has 8 nitrogen and oxygen atoms in total. The largest absolute Gasteiger partial charge is 0.474 e. The Labute approximate surface area is 145 Å². The lowest BCUT2D eigenvalue weighted by atomic mass is 9.79. The van der Waals surface area contributed by atoms with E-state index < -0.39 is 0 Å². The summed E-state index contributed by atoms with van der Waals surface area (Å²) >= 11 is 0. The van der Waals surface area contributed by atoms with Crippen LogP contribution in [0.3, 0.4) is 0 Å². The lowest BCUT2D eigenvalue weighted by molar-refractivity contribution is -0.0789. The Hall–Kier alpha value is -2.48. The third-order valence-electron chi connectivity index (χ3n) is 5.35. The quantitative estimate of drug-likeness (QED) is 0.903. The first-order chi connectivity index (χ1) is 12.2. The number of pyridine rings is 1. The summed E-state index contributed by atoms with van der Waals surface area (Å²) in [6.07, 6.45) is 6.34. The molecule has 1 saturated heterocycles. The fourth-order valence-electron chi connectivity index (χ4n) is 4.04. The van der Waals surface area contributed by atoms with Crippen molar-refractivity contribution in [3.63, 3.8) is 0 Å². The van der Waals surface area contributed by atoms with Crippen LogP contribution in [0, 0.1) is 0 Å². The molecule has 0 spiro atoms. The van der Waals surface area contributed by atoms with Gasteiger partial charge in [0.2, 0.25) is 11.7 Å². The van der Waals surface area contributed by atoms with Crippen LogP contribution in [-0.2, 0) is 4.74 Å². The molecule has 2 aromatic rings. The van der Waals surface area contributed by atoms with Gasteiger partial charge in [-0.1, -0.05) is 6.07 Å². The number of amides is 1. The second-order valence-electron chi connectivity index (χ2n) is 6.55. The first-order valence-electron chi connectivity index (χ1n) is 8.51. The number of fused-ring (bicyclic) bond motifs is 1. The van der Waals surface area contributed by atoms with Gasteiger partial charge < -0.3 is 14.4 Å². The molecule has 1 saturated carbocycles. The van der Waals surface area contributed by atoms with Crippen LogP contribution in [0.1, 0.15) is 36.3 Å². The van der Waals surface area contributed by atoms with Gasteiger partial charge in [0.25, 0.3) is 5.91 Å². The molecule has 3 heterocycles. The zero-order valence-corrected chi connectivity index (χ0v) is 14.1. The van der Waals surface area contributed by atoms with Crippen molar-refractivity contribution in [2.45, 2.75) is 43.4 Å². The number of aromatic amines is 1. The third kappa shape index (κ3) is 2.86. The predicted octanol–water partition coefficient (Wildman–Crippen LogP) is 1.43. The fourth-order valence-corrected chi connectivity index (χ4v) is 4.04. The summed E-state index contributed by atoms with van der Waals surface area (Å²) in [6.45, 7) is 0.647. The van der Waals surface area contributed by atoms with Crippen LogP contribution in [0.4, 0.5) is 0 Å². The molecule has 1 aliphatic carbocycles. The van der Waals surface area contributed by atoms with Crippen LogP contribution in [0.5, 0.6) is 5.88 Å². The summed E-state index contributed by atoms with van der Waals surface area (Å²) in [7, 11) is 1.73. The molecule has 4 rings (SSSR count). The summed E-state index contributed by atoms with van der Waals surface area (Å²) in [4.78, 5) is 22.8. The minimum Gasteiger partial charge on any atom is -0.474 e. The van der Waals surface area contributed by atoms with E-state index in [4.69, 9.17) is 9.47 Å². The van der Waals surface area contributed by atoms with Crippen LogP contribution in [0.25, 0.3) is 0 Å². The number of carbonyl (C=O) groups is 1. The molecule has 0 radical (unpaired) electrons. The maximum atomic E-state index is 12.8. The van der Waals surface area contributed by atoms with Crippen molar-refractivity contribution in [2.24, 2.45) is 0 Å². The Balaban J connectivity index is 1.53. The van der Waals surface area contributed by atoms with E-state index in [0.29, 0.717) is 18.8 Å². The topological polar surface area (TPSA) is 93.2 Å². The average Bonchev–Trinajstić information content (AvgIpc) is 3.30. The molecule has 2 aromatic heterocycles. The van der Waals surface area contributed by atoms with Crippen molar-refractivity contribution in [2.75, 3.05) is 13.7 Å². The Kier molecular flexibility index (Phi) is 4.12. The predicted molar refractivity (Wildman–Crippen MR) is 88.1 cm³/mol. The zero-order chi connectivity index (χ0) is 17.3. The van der Waals surface area contributed by atoms with Gasteiger partial charge in [-0.15, -0.1) is 0 Å². The summed E-state index contributed by atoms with van der Waals surface area (Å²) in [6, 6.07) is 5.57. The van der Waals surface area contributed by atoms with Gasteiger partial charge in [-0.2, -0.15) is 5.10 Å². The smallest absolute Gasteiger partial charge is 0.291 e. The van der Waals surface area contributed by atoms with E-state index in [1.165, 1.54) is 6.33 Å². The van der Waals surface area contributed by atoms with Crippen LogP contribution >= 0.6 is 0 Å². The zero-order valence-electron chi connectivity index (χ0n) is 14.1. The Bertz CT molecular complexity index is 723. The van der Waals surface area contributed by atoms with Crippen LogP contribution in [-0.4, -0.2) is 62.4 Å². The van der Waals surface area contributed by atoms with Crippen molar-refractivity contribution in [3.8, 4) is 5.88 Å². The number of ether oxygens (including phenoxy) is 2. The molecule has 25 heavy (non-hydrogen) atoms. The molecule has 8 heteroatoms. The molecular weight excluding hydrogens is 322 g/mol. The van der Waals surface area contributed by atoms with E-state index in [0.717, 1.165) is 19.3 Å². The lowest BCUT2D eigenvalue weighted by Gasteiger charge is -2.43. The number of hydrogen-bond donors (Lipinski definition) is 1. The van der Waals surface area contributed by atoms with Crippen LogP contribution in [0.15, 0.2) is 30.7 Å². The van der Waals surface area contributed by atoms with Gasteiger partial charge in [0.15, 0.2) is 0 Å². The highest BCUT2D eigenvalue weighted by Gasteiger charge is 2.53. The van der Waals surface area contributed by atoms with E-state index in [-0.39, 0.29) is 29.5 Å². The highest BCUT2D eigenvalue weighted by Crippen LogP contribution is 2.43. The van der Waals surface area contributed by atoms with Gasteiger partial charge in [0, 0.05) is 32.3 Å². The Morgan fingerprint density at radius 3 is 3.00 bits per heavy atom. The monoisotopic (exact) mass is 343 g/mol. The number of H-pyrrole nitrogens is 1. The highest BCUT2D eigenvalue weighted by molar-refractivity contribution is 5.91. The molecule has 132 valence electrons. The van der Waals surface area contributed by atoms with Gasteiger partial charge in [0.1, 0.15) is 12.4 Å². The minimum absolute atomic E-state index is 0.00583. The van der Waals surface area contributed by atoms with E-state index in [1.54, 1.807) is 13.3 Å². The number of nitrogens with zero attached hydrogens (tertiary/aromatic N) is 4. The molecule has 3 atom stereocenters. The molecule has 2 aliphatic rings. The normalized spacial score (nSPS) is 28.6. The Morgan fingerprint density at radius 1 is 1.36 bits per heavy atom. The number of likely N-dealkylation sites (tertiary alicyclic amines) is 1. The van der Waals surface area contributed by atoms with Gasteiger partial charge >= 0.3 is 0 Å². The van der Waals surface area contributed by atoms with Crippen molar-refractivity contribution in [1.29, 1.82) is 0 Å². The van der Waals surface area contributed by atoms with Crippen molar-refractivity contribution in [1.82, 2.24) is 25.1 Å². The Morgan fingerprint density at radius 2 is 2.28 bits per heavy atom. The molecule has 1 N–H and O–H groups in total. The second kappa shape index (κ2) is 6.44. The molecule has 2 fully saturated rings. The number of methoxy groups -OCH3 is 1. The average molecular weight is 343 g/mol. The lowest BCUT2D eigenvalue weighted by Crippen LogP contribution is -2.53. The molecule has 0 aromatic carbocycles. The third-order valence-corrected chi connectivity index (χ3v) is 5.35. The first kappa shape index (κ1) is 16.0. The van der Waals surface area contributed by atoms with Gasteiger partial charge in [-0.25, -0.2) is 9.97 Å². The van der Waals surface area contributed by atoms with Gasteiger partial charge in [-0.3, -0.25) is 9.89 Å². The van der Waals surface area contributed by atoms with E-state index >= 15 is 0 Å². The summed E-state index contributed by atoms with van der Waals surface area (Å²) in [5.41, 5.74) is -0.306. The highest BCUT2D eigenvalue weighted by atomic mass is 16.5. The number of nitrogens with one attached hydrogen (secondary N) is 1. The summed E-state index contributed by atoms with van der Waals surface area (Å²) in [5.74, 6) is 0.739. The summed E-state index contributed by atoms with van der Waals surface area (Å²) in [5, 5.41) is 6.44. The molecule has 0 unspecified atom stereocenters. The van der Waals surface area contributed by atoms with Crippen molar-refractivity contribution >= 4 is 5.91 Å². The van der Waals surface area contributed by atoms with Crippen LogP contribution in [0.2, 0.25) is 0 Å². The van der Waals surface area contributed by atoms with Gasteiger partial charge in [-0.05, 0) is 25.3 Å². The number of rotatable bonds is 4. The van der Waals surface area contributed by atoms with E-state index in [1.807, 2.05) is 23.1 Å². The van der Waals surface area contributed by atoms with Crippen molar-refractivity contribution < 1.29 is 14.3 Å². The number of hydrogen-bond acceptors (Lipinski definition) is 6.